The Morgan fingerprint density at radius 2 is 2.00 bits per heavy atom. The predicted octanol–water partition coefficient (Wildman–Crippen LogP) is 3.45. The normalized spacial score (nSPS) is 9.95. The Kier molecular flexibility index (Phi) is 5.16. The van der Waals surface area contributed by atoms with E-state index in [-0.39, 0.29) is 0 Å². The van der Waals surface area contributed by atoms with Gasteiger partial charge in [0.05, 0.1) is 23.6 Å². The topological polar surface area (TPSA) is 57.9 Å². The Morgan fingerprint density at radius 1 is 1.24 bits per heavy atom. The van der Waals surface area contributed by atoms with E-state index in [0.29, 0.717) is 12.2 Å². The number of hydrogen-bond acceptors (Lipinski definition) is 4. The highest BCUT2D eigenvalue weighted by Gasteiger charge is 2.07. The lowest BCUT2D eigenvalue weighted by atomic mass is 10.1. The summed E-state index contributed by atoms with van der Waals surface area (Å²) in [5, 5.41) is 12.5. The van der Waals surface area contributed by atoms with E-state index in [2.05, 4.69) is 16.4 Å². The third-order valence-corrected chi connectivity index (χ3v) is 3.09. The number of benzene rings is 1. The second-order valence-corrected chi connectivity index (χ2v) is 4.83. The number of anilines is 1. The highest BCUT2D eigenvalue weighted by atomic mass is 16.5. The molecule has 0 radical (unpaired) electrons. The number of aromatic nitrogens is 1. The first kappa shape index (κ1) is 14.9. The molecule has 4 heteroatoms. The van der Waals surface area contributed by atoms with Crippen molar-refractivity contribution in [1.29, 1.82) is 5.26 Å². The van der Waals surface area contributed by atoms with Crippen LogP contribution in [0, 0.1) is 25.2 Å². The highest BCUT2D eigenvalue weighted by molar-refractivity contribution is 5.59. The van der Waals surface area contributed by atoms with Gasteiger partial charge >= 0.3 is 0 Å². The van der Waals surface area contributed by atoms with E-state index in [1.165, 1.54) is 0 Å². The summed E-state index contributed by atoms with van der Waals surface area (Å²) in [6.07, 6.45) is 0.861. The summed E-state index contributed by atoms with van der Waals surface area (Å²) in [5.41, 5.74) is 3.14. The fraction of sp³-hybridized carbons (Fsp3) is 0.294. The molecule has 1 N–H and O–H groups in total. The first-order chi connectivity index (χ1) is 10.2. The molecule has 2 aromatic rings. The van der Waals surface area contributed by atoms with Crippen LogP contribution in [-0.2, 0) is 0 Å². The van der Waals surface area contributed by atoms with Crippen molar-refractivity contribution in [2.45, 2.75) is 20.3 Å². The van der Waals surface area contributed by atoms with Gasteiger partial charge in [-0.25, -0.2) is 0 Å². The van der Waals surface area contributed by atoms with Gasteiger partial charge in [-0.1, -0.05) is 18.2 Å². The molecule has 0 saturated heterocycles. The van der Waals surface area contributed by atoms with Gasteiger partial charge in [0.25, 0.3) is 0 Å². The minimum atomic E-state index is 0.615. The second kappa shape index (κ2) is 7.30. The van der Waals surface area contributed by atoms with E-state index >= 15 is 0 Å². The number of ether oxygens (including phenoxy) is 1. The first-order valence-electron chi connectivity index (χ1n) is 7.01. The fourth-order valence-electron chi connectivity index (χ4n) is 2.11. The van der Waals surface area contributed by atoms with Crippen molar-refractivity contribution in [2.24, 2.45) is 0 Å². The molecule has 0 atom stereocenters. The molecule has 4 nitrogen and oxygen atoms in total. The van der Waals surface area contributed by atoms with Crippen LogP contribution in [0.3, 0.4) is 0 Å². The van der Waals surface area contributed by atoms with Crippen LogP contribution in [0.2, 0.25) is 0 Å². The smallest absolute Gasteiger partial charge is 0.119 e. The number of rotatable bonds is 6. The number of nitriles is 1. The van der Waals surface area contributed by atoms with Crippen molar-refractivity contribution in [3.63, 3.8) is 0 Å². The van der Waals surface area contributed by atoms with Gasteiger partial charge in [0.15, 0.2) is 0 Å². The van der Waals surface area contributed by atoms with Crippen LogP contribution in [0.1, 0.15) is 23.4 Å². The Bertz CT molecular complexity index is 632. The summed E-state index contributed by atoms with van der Waals surface area (Å²) in [5.74, 6) is 0.880. The molecule has 108 valence electrons. The van der Waals surface area contributed by atoms with Gasteiger partial charge in [-0.15, -0.1) is 0 Å². The molecule has 0 amide bonds. The molecule has 0 spiro atoms. The number of hydrogen-bond donors (Lipinski definition) is 1. The second-order valence-electron chi connectivity index (χ2n) is 4.83. The summed E-state index contributed by atoms with van der Waals surface area (Å²) >= 11 is 0. The molecule has 2 rings (SSSR count). The van der Waals surface area contributed by atoms with E-state index in [1.54, 1.807) is 0 Å². The van der Waals surface area contributed by atoms with Gasteiger partial charge in [-0.05, 0) is 38.5 Å². The molecule has 0 aliphatic rings. The van der Waals surface area contributed by atoms with E-state index in [1.807, 2.05) is 50.2 Å². The molecular weight excluding hydrogens is 262 g/mol. The minimum Gasteiger partial charge on any atom is -0.494 e. The molecule has 0 aliphatic carbocycles. The van der Waals surface area contributed by atoms with E-state index in [4.69, 9.17) is 4.74 Å². The largest absolute Gasteiger partial charge is 0.494 e. The number of aryl methyl sites for hydroxylation is 2. The summed E-state index contributed by atoms with van der Waals surface area (Å²) < 4.78 is 5.63. The van der Waals surface area contributed by atoms with Crippen molar-refractivity contribution in [2.75, 3.05) is 18.5 Å². The fourth-order valence-corrected chi connectivity index (χ4v) is 2.11. The summed E-state index contributed by atoms with van der Waals surface area (Å²) in [6, 6.07) is 13.9. The van der Waals surface area contributed by atoms with Crippen LogP contribution in [0.25, 0.3) is 0 Å². The monoisotopic (exact) mass is 281 g/mol. The number of nitrogens with one attached hydrogen (secondary N) is 1. The van der Waals surface area contributed by atoms with Gasteiger partial charge in [-0.3, -0.25) is 4.98 Å². The lowest BCUT2D eigenvalue weighted by molar-refractivity contribution is 0.315. The quantitative estimate of drug-likeness (QED) is 0.824. The molecule has 1 aromatic heterocycles. The molecule has 1 heterocycles. The van der Waals surface area contributed by atoms with Gasteiger partial charge < -0.3 is 10.1 Å². The van der Waals surface area contributed by atoms with E-state index < -0.39 is 0 Å². The maximum atomic E-state index is 9.19. The third-order valence-electron chi connectivity index (χ3n) is 3.09. The molecule has 0 saturated carbocycles. The zero-order valence-electron chi connectivity index (χ0n) is 12.4. The summed E-state index contributed by atoms with van der Waals surface area (Å²) in [6.45, 7) is 5.18. The van der Waals surface area contributed by atoms with Crippen molar-refractivity contribution in [3.05, 3.63) is 53.3 Å². The molecule has 0 fully saturated rings. The molecule has 0 unspecified atom stereocenters. The zero-order valence-corrected chi connectivity index (χ0v) is 12.4. The van der Waals surface area contributed by atoms with Crippen LogP contribution < -0.4 is 10.1 Å². The Morgan fingerprint density at radius 3 is 2.71 bits per heavy atom. The van der Waals surface area contributed by atoms with Gasteiger partial charge in [0.1, 0.15) is 11.8 Å². The van der Waals surface area contributed by atoms with Crippen LogP contribution in [0.4, 0.5) is 5.69 Å². The standard InChI is InChI=1S/C17H19N3O/c1-13-11-17(16(12-18)14(2)20-13)19-9-6-10-21-15-7-4-3-5-8-15/h3-5,7-8,11H,6,9-10H2,1-2H3,(H,19,20). The van der Waals surface area contributed by atoms with Crippen molar-refractivity contribution in [3.8, 4) is 11.8 Å². The summed E-state index contributed by atoms with van der Waals surface area (Å²) in [4.78, 5) is 4.30. The number of para-hydroxylation sites is 1. The van der Waals surface area contributed by atoms with Crippen LogP contribution >= 0.6 is 0 Å². The number of pyridine rings is 1. The van der Waals surface area contributed by atoms with Gasteiger partial charge in [0.2, 0.25) is 0 Å². The minimum absolute atomic E-state index is 0.615. The Balaban J connectivity index is 1.83. The van der Waals surface area contributed by atoms with Crippen molar-refractivity contribution < 1.29 is 4.74 Å². The molecule has 0 aliphatic heterocycles. The molecule has 1 aromatic carbocycles. The lowest BCUT2D eigenvalue weighted by Gasteiger charge is -2.11. The van der Waals surface area contributed by atoms with Gasteiger partial charge in [-0.2, -0.15) is 5.26 Å². The van der Waals surface area contributed by atoms with E-state index in [0.717, 1.165) is 35.8 Å². The molecule has 21 heavy (non-hydrogen) atoms. The average Bonchev–Trinajstić information content (AvgIpc) is 2.47. The highest BCUT2D eigenvalue weighted by Crippen LogP contribution is 2.18. The van der Waals surface area contributed by atoms with E-state index in [9.17, 15) is 5.26 Å². The first-order valence-corrected chi connectivity index (χ1v) is 7.01. The Labute approximate surface area is 125 Å². The predicted molar refractivity (Wildman–Crippen MR) is 83.5 cm³/mol. The zero-order chi connectivity index (χ0) is 15.1. The van der Waals surface area contributed by atoms with Crippen LogP contribution in [-0.4, -0.2) is 18.1 Å². The lowest BCUT2D eigenvalue weighted by Crippen LogP contribution is -2.09. The maximum absolute atomic E-state index is 9.19. The van der Waals surface area contributed by atoms with Crippen molar-refractivity contribution >= 4 is 5.69 Å². The van der Waals surface area contributed by atoms with Crippen LogP contribution in [0.15, 0.2) is 36.4 Å². The van der Waals surface area contributed by atoms with Gasteiger partial charge in [0, 0.05) is 12.2 Å². The van der Waals surface area contributed by atoms with Crippen molar-refractivity contribution in [1.82, 2.24) is 4.98 Å². The third kappa shape index (κ3) is 4.22. The van der Waals surface area contributed by atoms with Crippen LogP contribution in [0.5, 0.6) is 5.75 Å². The summed E-state index contributed by atoms with van der Waals surface area (Å²) in [7, 11) is 0. The average molecular weight is 281 g/mol. The SMILES string of the molecule is Cc1cc(NCCCOc2ccccc2)c(C#N)c(C)n1. The number of nitrogens with zero attached hydrogens (tertiary/aromatic N) is 2. The molecule has 0 bridgehead atoms. The maximum Gasteiger partial charge on any atom is 0.119 e. The molecular formula is C17H19N3O. The Hall–Kier alpha value is -2.54.